The molecule has 1 saturated carbocycles. The van der Waals surface area contributed by atoms with Gasteiger partial charge in [-0.15, -0.1) is 0 Å². The molecule has 12 heteroatoms. The normalized spacial score (nSPS) is 20.6. The van der Waals surface area contributed by atoms with Gasteiger partial charge in [0.05, 0.1) is 24.2 Å². The molecule has 12 nitrogen and oxygen atoms in total. The topological polar surface area (TPSA) is 140 Å². The Labute approximate surface area is 232 Å². The van der Waals surface area contributed by atoms with Crippen LogP contribution in [0.25, 0.3) is 22.3 Å². The molecular weight excluding hydrogens is 510 g/mol. The highest BCUT2D eigenvalue weighted by atomic mass is 16.5. The Hall–Kier alpha value is -4.03. The quantitative estimate of drug-likeness (QED) is 0.370. The highest BCUT2D eigenvalue weighted by Crippen LogP contribution is 2.39. The lowest BCUT2D eigenvalue weighted by atomic mass is 9.90. The first-order chi connectivity index (χ1) is 19.4. The zero-order valence-electron chi connectivity index (χ0n) is 23.1. The molecule has 40 heavy (non-hydrogen) atoms. The van der Waals surface area contributed by atoms with Crippen molar-refractivity contribution in [2.24, 2.45) is 0 Å². The van der Waals surface area contributed by atoms with Gasteiger partial charge in [-0.05, 0) is 51.8 Å². The number of methoxy groups -OCH3 is 1. The molecule has 0 spiro atoms. The molecule has 1 aromatic carbocycles. The summed E-state index contributed by atoms with van der Waals surface area (Å²) >= 11 is 0. The van der Waals surface area contributed by atoms with E-state index in [1.165, 1.54) is 6.33 Å². The van der Waals surface area contributed by atoms with E-state index in [2.05, 4.69) is 37.3 Å². The maximum absolute atomic E-state index is 12.6. The Kier molecular flexibility index (Phi) is 7.11. The zero-order valence-corrected chi connectivity index (χ0v) is 23.1. The van der Waals surface area contributed by atoms with Crippen molar-refractivity contribution in [2.45, 2.75) is 44.7 Å². The minimum atomic E-state index is -0.387. The largest absolute Gasteiger partial charge is 0.495 e. The number of rotatable bonds is 6. The number of likely N-dealkylation sites (N-methyl/N-ethyl adjacent to an activating group) is 1. The van der Waals surface area contributed by atoms with Crippen LogP contribution < -0.4 is 15.8 Å². The molecule has 4 heterocycles. The molecule has 3 N–H and O–H groups in total. The number of hydrogen-bond donors (Lipinski definition) is 2. The fourth-order valence-corrected chi connectivity index (χ4v) is 5.91. The SMILES string of the molecule is COc1cc(-c2nn([C@H]3CC[C@@H](N4CCN(C)CC4)CC3)c3ncnc(N)c23)ccc1NC(=O)c1cc(C)on1. The van der Waals surface area contributed by atoms with E-state index in [0.29, 0.717) is 34.8 Å². The molecule has 0 bridgehead atoms. The molecule has 6 rings (SSSR count). The van der Waals surface area contributed by atoms with E-state index >= 15 is 0 Å². The van der Waals surface area contributed by atoms with E-state index in [0.717, 1.165) is 68.5 Å². The molecule has 2 fully saturated rings. The molecule has 1 aliphatic carbocycles. The number of fused-ring (bicyclic) bond motifs is 1. The van der Waals surface area contributed by atoms with E-state index < -0.39 is 0 Å². The number of aromatic nitrogens is 5. The number of carbonyl (C=O) groups is 1. The van der Waals surface area contributed by atoms with E-state index in [1.807, 2.05) is 16.8 Å². The molecule has 0 radical (unpaired) electrons. The number of ether oxygens (including phenoxy) is 1. The fourth-order valence-electron chi connectivity index (χ4n) is 5.91. The number of nitrogens with one attached hydrogen (secondary N) is 1. The van der Waals surface area contributed by atoms with Gasteiger partial charge in [0, 0.05) is 43.9 Å². The number of anilines is 2. The first-order valence-corrected chi connectivity index (χ1v) is 13.8. The molecule has 1 aliphatic heterocycles. The van der Waals surface area contributed by atoms with Crippen LogP contribution in [0.4, 0.5) is 11.5 Å². The van der Waals surface area contributed by atoms with Gasteiger partial charge in [0.1, 0.15) is 29.3 Å². The third-order valence-corrected chi connectivity index (χ3v) is 8.17. The van der Waals surface area contributed by atoms with Gasteiger partial charge < -0.3 is 25.2 Å². The lowest BCUT2D eigenvalue weighted by molar-refractivity contribution is 0.0815. The minimum Gasteiger partial charge on any atom is -0.495 e. The molecule has 0 unspecified atom stereocenters. The molecule has 2 aliphatic rings. The number of carbonyl (C=O) groups excluding carboxylic acids is 1. The summed E-state index contributed by atoms with van der Waals surface area (Å²) in [6.45, 7) is 6.28. The second kappa shape index (κ2) is 10.9. The Balaban J connectivity index is 1.26. The van der Waals surface area contributed by atoms with E-state index in [4.69, 9.17) is 20.1 Å². The van der Waals surface area contributed by atoms with E-state index in [9.17, 15) is 4.79 Å². The highest BCUT2D eigenvalue weighted by molar-refractivity contribution is 6.04. The van der Waals surface area contributed by atoms with Crippen LogP contribution in [0.15, 0.2) is 35.1 Å². The average Bonchev–Trinajstić information content (AvgIpc) is 3.59. The van der Waals surface area contributed by atoms with Crippen LogP contribution >= 0.6 is 0 Å². The van der Waals surface area contributed by atoms with Crippen LogP contribution in [-0.2, 0) is 0 Å². The van der Waals surface area contributed by atoms with Crippen LogP contribution in [0.2, 0.25) is 0 Å². The third kappa shape index (κ3) is 5.00. The van der Waals surface area contributed by atoms with Gasteiger partial charge in [-0.2, -0.15) is 5.10 Å². The summed E-state index contributed by atoms with van der Waals surface area (Å²) in [7, 11) is 3.75. The number of aryl methyl sites for hydroxylation is 1. The van der Waals surface area contributed by atoms with Crippen LogP contribution in [0.1, 0.15) is 48.0 Å². The van der Waals surface area contributed by atoms with E-state index in [-0.39, 0.29) is 17.6 Å². The molecule has 4 aromatic rings. The summed E-state index contributed by atoms with van der Waals surface area (Å²) in [5, 5.41) is 12.4. The number of nitrogens with zero attached hydrogens (tertiary/aromatic N) is 7. The minimum absolute atomic E-state index is 0.195. The van der Waals surface area contributed by atoms with Crippen molar-refractivity contribution in [3.05, 3.63) is 42.0 Å². The van der Waals surface area contributed by atoms with Crippen LogP contribution in [0.5, 0.6) is 5.75 Å². The predicted octanol–water partition coefficient (Wildman–Crippen LogP) is 3.36. The van der Waals surface area contributed by atoms with Gasteiger partial charge in [0.15, 0.2) is 11.3 Å². The molecule has 210 valence electrons. The number of nitrogens with two attached hydrogens (primary N) is 1. The number of benzene rings is 1. The summed E-state index contributed by atoms with van der Waals surface area (Å²) in [5.41, 5.74) is 9.31. The molecular formula is C28H35N9O3. The summed E-state index contributed by atoms with van der Waals surface area (Å²) in [6, 6.07) is 7.95. The van der Waals surface area contributed by atoms with Crippen LogP contribution in [0.3, 0.4) is 0 Å². The van der Waals surface area contributed by atoms with Gasteiger partial charge >= 0.3 is 0 Å². The van der Waals surface area contributed by atoms with Crippen molar-refractivity contribution in [3.8, 4) is 17.0 Å². The monoisotopic (exact) mass is 545 g/mol. The van der Waals surface area contributed by atoms with Gasteiger partial charge in [-0.1, -0.05) is 11.2 Å². The van der Waals surface area contributed by atoms with Crippen molar-refractivity contribution in [2.75, 3.05) is 51.4 Å². The zero-order chi connectivity index (χ0) is 27.8. The second-order valence-electron chi connectivity index (χ2n) is 10.7. The van der Waals surface area contributed by atoms with Crippen molar-refractivity contribution >= 4 is 28.4 Å². The summed E-state index contributed by atoms with van der Waals surface area (Å²) < 4.78 is 12.7. The summed E-state index contributed by atoms with van der Waals surface area (Å²) in [5.74, 6) is 1.04. The average molecular weight is 546 g/mol. The highest BCUT2D eigenvalue weighted by Gasteiger charge is 2.31. The maximum Gasteiger partial charge on any atom is 0.277 e. The fraction of sp³-hybridized carbons (Fsp3) is 0.464. The summed E-state index contributed by atoms with van der Waals surface area (Å²) in [6.07, 6.45) is 5.85. The van der Waals surface area contributed by atoms with Crippen molar-refractivity contribution in [1.82, 2.24) is 34.7 Å². The molecule has 1 amide bonds. The van der Waals surface area contributed by atoms with Gasteiger partial charge in [0.25, 0.3) is 5.91 Å². The van der Waals surface area contributed by atoms with Gasteiger partial charge in [0.2, 0.25) is 0 Å². The number of amides is 1. The Bertz CT molecular complexity index is 1510. The van der Waals surface area contributed by atoms with Crippen molar-refractivity contribution in [1.29, 1.82) is 0 Å². The Morgan fingerprint density at radius 1 is 1.07 bits per heavy atom. The third-order valence-electron chi connectivity index (χ3n) is 8.17. The number of hydrogen-bond acceptors (Lipinski definition) is 10. The molecule has 0 atom stereocenters. The summed E-state index contributed by atoms with van der Waals surface area (Å²) in [4.78, 5) is 26.6. The second-order valence-corrected chi connectivity index (χ2v) is 10.7. The van der Waals surface area contributed by atoms with Crippen molar-refractivity contribution < 1.29 is 14.1 Å². The Morgan fingerprint density at radius 2 is 1.82 bits per heavy atom. The molecule has 3 aromatic heterocycles. The van der Waals surface area contributed by atoms with Crippen LogP contribution in [-0.4, -0.2) is 87.0 Å². The number of piperazine rings is 1. The van der Waals surface area contributed by atoms with Crippen molar-refractivity contribution in [3.63, 3.8) is 0 Å². The number of nitrogen functional groups attached to an aromatic ring is 1. The van der Waals surface area contributed by atoms with Gasteiger partial charge in [-0.25, -0.2) is 14.6 Å². The van der Waals surface area contributed by atoms with E-state index in [1.54, 1.807) is 26.2 Å². The smallest absolute Gasteiger partial charge is 0.277 e. The lowest BCUT2D eigenvalue weighted by Crippen LogP contribution is -2.49. The Morgan fingerprint density at radius 3 is 2.52 bits per heavy atom. The molecule has 1 saturated heterocycles. The van der Waals surface area contributed by atoms with Gasteiger partial charge in [-0.3, -0.25) is 9.69 Å². The van der Waals surface area contributed by atoms with Crippen LogP contribution in [0, 0.1) is 6.92 Å². The maximum atomic E-state index is 12.6. The standard InChI is InChI=1S/C28H35N9O3/c1-17-14-22(34-40-17)28(38)32-21-9-4-18(15-23(21)39-3)25-24-26(29)30-16-31-27(24)37(33-25)20-7-5-19(6-8-20)36-12-10-35(2)11-13-36/h4,9,14-16,19-20H,5-8,10-13H2,1-3H3,(H,32,38)(H2,29,30,31)/t19-,20+. The predicted molar refractivity (Wildman–Crippen MR) is 151 cm³/mol. The first-order valence-electron chi connectivity index (χ1n) is 13.8. The first kappa shape index (κ1) is 26.2. The lowest BCUT2D eigenvalue weighted by Gasteiger charge is -2.41.